The lowest BCUT2D eigenvalue weighted by Crippen LogP contribution is -2.29. The highest BCUT2D eigenvalue weighted by atomic mass is 79.9. The van der Waals surface area contributed by atoms with Crippen molar-refractivity contribution >= 4 is 38.9 Å². The van der Waals surface area contributed by atoms with E-state index in [1.165, 1.54) is 6.07 Å². The summed E-state index contributed by atoms with van der Waals surface area (Å²) in [5.74, 6) is -0.0768. The maximum Gasteiger partial charge on any atom is 0.387 e. The smallest absolute Gasteiger partial charge is 0.387 e. The molecule has 6 nitrogen and oxygen atoms in total. The normalized spacial score (nSPS) is 15.9. The number of hydrogen-bond donors (Lipinski definition) is 1. The van der Waals surface area contributed by atoms with Crippen LogP contribution in [0.4, 0.5) is 14.7 Å². The van der Waals surface area contributed by atoms with Crippen LogP contribution in [0.1, 0.15) is 25.5 Å². The highest BCUT2D eigenvalue weighted by Crippen LogP contribution is 2.43. The number of aromatic nitrogens is 2. The number of esters is 1. The molecule has 0 amide bonds. The van der Waals surface area contributed by atoms with Crippen LogP contribution in [0.2, 0.25) is 0 Å². The Morgan fingerprint density at radius 1 is 1.30 bits per heavy atom. The summed E-state index contributed by atoms with van der Waals surface area (Å²) in [4.78, 5) is 17.5. The summed E-state index contributed by atoms with van der Waals surface area (Å²) in [5.41, 5.74) is 2.66. The molecule has 4 rings (SSSR count). The zero-order valence-corrected chi connectivity index (χ0v) is 17.7. The number of nitrogens with zero attached hydrogens (tertiary/aromatic N) is 2. The molecule has 1 aliphatic rings. The first-order valence-corrected chi connectivity index (χ1v) is 10.1. The Morgan fingerprint density at radius 3 is 2.80 bits per heavy atom. The van der Waals surface area contributed by atoms with Crippen molar-refractivity contribution in [1.29, 1.82) is 0 Å². The number of halogens is 3. The van der Waals surface area contributed by atoms with Gasteiger partial charge in [-0.05, 0) is 44.2 Å². The number of ether oxygens (including phenoxy) is 2. The summed E-state index contributed by atoms with van der Waals surface area (Å²) in [6.07, 6.45) is 0. The van der Waals surface area contributed by atoms with Crippen LogP contribution in [0.5, 0.6) is 5.75 Å². The first-order valence-electron chi connectivity index (χ1n) is 9.26. The first-order chi connectivity index (χ1) is 14.4. The summed E-state index contributed by atoms with van der Waals surface area (Å²) in [7, 11) is 0. The third kappa shape index (κ3) is 3.54. The number of carbonyl (C=O) groups excluding carboxylic acids is 1. The highest BCUT2D eigenvalue weighted by Gasteiger charge is 2.37. The minimum Gasteiger partial charge on any atom is -0.463 e. The molecular formula is C21H18BrF2N3O3. The molecule has 2 heterocycles. The fourth-order valence-corrected chi connectivity index (χ4v) is 4.05. The summed E-state index contributed by atoms with van der Waals surface area (Å²) in [6, 6.07) is 11.3. The second kappa shape index (κ2) is 8.06. The second-order valence-electron chi connectivity index (χ2n) is 6.64. The molecule has 0 aliphatic carbocycles. The van der Waals surface area contributed by atoms with Gasteiger partial charge in [-0.2, -0.15) is 8.78 Å². The van der Waals surface area contributed by atoms with E-state index in [1.807, 2.05) is 24.3 Å². The lowest BCUT2D eigenvalue weighted by Gasteiger charge is -2.31. The second-order valence-corrected chi connectivity index (χ2v) is 7.56. The van der Waals surface area contributed by atoms with Crippen LogP contribution in [-0.2, 0) is 9.53 Å². The van der Waals surface area contributed by atoms with E-state index in [1.54, 1.807) is 30.5 Å². The predicted molar refractivity (Wildman–Crippen MR) is 112 cm³/mol. The van der Waals surface area contributed by atoms with Gasteiger partial charge in [0.1, 0.15) is 5.75 Å². The first kappa shape index (κ1) is 20.3. The molecule has 0 bridgehead atoms. The van der Waals surface area contributed by atoms with Crippen molar-refractivity contribution < 1.29 is 23.0 Å². The Kier molecular flexibility index (Phi) is 5.46. The number of anilines is 1. The van der Waals surface area contributed by atoms with E-state index in [2.05, 4.69) is 26.2 Å². The van der Waals surface area contributed by atoms with E-state index in [-0.39, 0.29) is 12.4 Å². The third-order valence-corrected chi connectivity index (χ3v) is 5.30. The fourth-order valence-electron chi connectivity index (χ4n) is 3.67. The van der Waals surface area contributed by atoms with Gasteiger partial charge in [-0.1, -0.05) is 28.1 Å². The summed E-state index contributed by atoms with van der Waals surface area (Å²) in [5, 5.41) is 3.14. The number of nitrogens with one attached hydrogen (secondary N) is 1. The quantitative estimate of drug-likeness (QED) is 0.508. The molecule has 156 valence electrons. The van der Waals surface area contributed by atoms with Gasteiger partial charge in [-0.3, -0.25) is 4.57 Å². The maximum atomic E-state index is 13.1. The Morgan fingerprint density at radius 2 is 2.07 bits per heavy atom. The SMILES string of the molecule is CCOC(=O)C1=C(C)Nc2nc3ccccc3n2[C@H]1c1cc(Br)ccc1OC(F)F. The topological polar surface area (TPSA) is 65.4 Å². The minimum atomic E-state index is -3.01. The van der Waals surface area contributed by atoms with Gasteiger partial charge in [0, 0.05) is 15.7 Å². The molecule has 1 aliphatic heterocycles. The van der Waals surface area contributed by atoms with Gasteiger partial charge >= 0.3 is 12.6 Å². The number of para-hydroxylation sites is 2. The van der Waals surface area contributed by atoms with Gasteiger partial charge in [0.25, 0.3) is 0 Å². The lowest BCUT2D eigenvalue weighted by molar-refractivity contribution is -0.139. The van der Waals surface area contributed by atoms with Crippen LogP contribution in [-0.4, -0.2) is 28.7 Å². The van der Waals surface area contributed by atoms with Crippen LogP contribution in [0.15, 0.2) is 58.2 Å². The van der Waals surface area contributed by atoms with Crippen molar-refractivity contribution in [2.45, 2.75) is 26.5 Å². The predicted octanol–water partition coefficient (Wildman–Crippen LogP) is 5.25. The van der Waals surface area contributed by atoms with Crippen molar-refractivity contribution in [2.75, 3.05) is 11.9 Å². The summed E-state index contributed by atoms with van der Waals surface area (Å²) >= 11 is 3.40. The monoisotopic (exact) mass is 477 g/mol. The van der Waals surface area contributed by atoms with E-state index in [4.69, 9.17) is 9.47 Å². The minimum absolute atomic E-state index is 0.0292. The van der Waals surface area contributed by atoms with E-state index < -0.39 is 18.6 Å². The Hall–Kier alpha value is -2.94. The molecule has 0 saturated heterocycles. The van der Waals surface area contributed by atoms with Crippen molar-refractivity contribution in [3.8, 4) is 5.75 Å². The average molecular weight is 478 g/mol. The molecule has 30 heavy (non-hydrogen) atoms. The largest absolute Gasteiger partial charge is 0.463 e. The molecular weight excluding hydrogens is 460 g/mol. The Balaban J connectivity index is 2.01. The molecule has 0 saturated carbocycles. The molecule has 0 radical (unpaired) electrons. The molecule has 1 aromatic heterocycles. The van der Waals surface area contributed by atoms with Crippen LogP contribution in [0.25, 0.3) is 11.0 Å². The van der Waals surface area contributed by atoms with Crippen molar-refractivity contribution in [1.82, 2.24) is 9.55 Å². The van der Waals surface area contributed by atoms with Gasteiger partial charge in [0.2, 0.25) is 5.95 Å². The van der Waals surface area contributed by atoms with Gasteiger partial charge in [-0.15, -0.1) is 0 Å². The number of alkyl halides is 2. The molecule has 0 unspecified atom stereocenters. The molecule has 3 aromatic rings. The zero-order chi connectivity index (χ0) is 21.4. The Labute approximate surface area is 179 Å². The molecule has 0 fully saturated rings. The van der Waals surface area contributed by atoms with E-state index in [0.29, 0.717) is 32.8 Å². The Bertz CT molecular complexity index is 1160. The zero-order valence-electron chi connectivity index (χ0n) is 16.2. The fraction of sp³-hybridized carbons (Fsp3) is 0.238. The third-order valence-electron chi connectivity index (χ3n) is 4.81. The number of carbonyl (C=O) groups is 1. The number of rotatable bonds is 5. The summed E-state index contributed by atoms with van der Waals surface area (Å²) < 4.78 is 38.8. The lowest BCUT2D eigenvalue weighted by atomic mass is 9.94. The van der Waals surface area contributed by atoms with Gasteiger partial charge in [-0.25, -0.2) is 9.78 Å². The molecule has 2 aromatic carbocycles. The molecule has 1 atom stereocenters. The van der Waals surface area contributed by atoms with Crippen LogP contribution in [0, 0.1) is 0 Å². The van der Waals surface area contributed by atoms with Crippen LogP contribution < -0.4 is 10.1 Å². The number of fused-ring (bicyclic) bond motifs is 3. The van der Waals surface area contributed by atoms with Crippen LogP contribution in [0.3, 0.4) is 0 Å². The number of allylic oxidation sites excluding steroid dienone is 1. The van der Waals surface area contributed by atoms with Crippen molar-refractivity contribution in [2.24, 2.45) is 0 Å². The number of hydrogen-bond acceptors (Lipinski definition) is 5. The van der Waals surface area contributed by atoms with Gasteiger partial charge in [0.05, 0.1) is 29.3 Å². The van der Waals surface area contributed by atoms with Gasteiger partial charge < -0.3 is 14.8 Å². The van der Waals surface area contributed by atoms with E-state index in [0.717, 1.165) is 5.52 Å². The maximum absolute atomic E-state index is 13.1. The highest BCUT2D eigenvalue weighted by molar-refractivity contribution is 9.10. The van der Waals surface area contributed by atoms with Crippen LogP contribution >= 0.6 is 15.9 Å². The number of imidazole rings is 1. The number of benzene rings is 2. The van der Waals surface area contributed by atoms with Gasteiger partial charge in [0.15, 0.2) is 0 Å². The van der Waals surface area contributed by atoms with E-state index in [9.17, 15) is 13.6 Å². The standard InChI is InChI=1S/C21H18BrF2N3O3/c1-3-29-19(28)17-11(2)25-21-26-14-6-4-5-7-15(14)27(21)18(17)13-10-12(22)8-9-16(13)30-20(23)24/h4-10,18,20H,3H2,1-2H3,(H,25,26)/t18-/m0/s1. The molecule has 9 heteroatoms. The van der Waals surface area contributed by atoms with E-state index >= 15 is 0 Å². The van der Waals surface area contributed by atoms with Crippen molar-refractivity contribution in [3.05, 3.63) is 63.8 Å². The van der Waals surface area contributed by atoms with Crippen molar-refractivity contribution in [3.63, 3.8) is 0 Å². The summed E-state index contributed by atoms with van der Waals surface area (Å²) in [6.45, 7) is 0.607. The average Bonchev–Trinajstić information content (AvgIpc) is 3.06. The molecule has 1 N–H and O–H groups in total. The molecule has 0 spiro atoms.